The number of aromatic nitrogens is 2. The van der Waals surface area contributed by atoms with Crippen LogP contribution in [0.15, 0.2) is 200 Å². The predicted molar refractivity (Wildman–Crippen MR) is 244 cm³/mol. The first-order valence-electron chi connectivity index (χ1n) is 20.2. The Balaban J connectivity index is 0.940. The highest BCUT2D eigenvalue weighted by atomic mass is 16.5. The summed E-state index contributed by atoms with van der Waals surface area (Å²) in [6.07, 6.45) is 0. The zero-order chi connectivity index (χ0) is 38.6. The van der Waals surface area contributed by atoms with E-state index in [9.17, 15) is 0 Å². The van der Waals surface area contributed by atoms with Gasteiger partial charge in [0.15, 0.2) is 0 Å². The molecule has 0 bridgehead atoms. The molecule has 11 aromatic rings. The van der Waals surface area contributed by atoms with Gasteiger partial charge in [-0.3, -0.25) is 0 Å². The van der Waals surface area contributed by atoms with Gasteiger partial charge in [-0.25, -0.2) is 0 Å². The summed E-state index contributed by atoms with van der Waals surface area (Å²) in [5.41, 5.74) is 15.7. The van der Waals surface area contributed by atoms with Crippen molar-refractivity contribution >= 4 is 61.5 Å². The molecular weight excluding hydrogens is 719 g/mol. The van der Waals surface area contributed by atoms with Gasteiger partial charge in [0.25, 0.3) is 0 Å². The normalized spacial score (nSPS) is 12.6. The van der Waals surface area contributed by atoms with Crippen molar-refractivity contribution in [3.63, 3.8) is 0 Å². The first-order chi connectivity index (χ1) is 29.3. The summed E-state index contributed by atoms with van der Waals surface area (Å²) < 4.78 is 18.7. The highest BCUT2D eigenvalue weighted by Crippen LogP contribution is 2.44. The SMILES string of the molecule is c1ccc2c(c1)OB1c3ccc(-c4ccc(-n5c6ccccc6c6ccccc65)cc4)cc3Oc3cc(-c4ccccc4-n4c5ccccc5c5ccccc54)cc-2c31. The van der Waals surface area contributed by atoms with E-state index in [1.165, 1.54) is 43.6 Å². The van der Waals surface area contributed by atoms with Crippen LogP contribution >= 0.6 is 0 Å². The lowest BCUT2D eigenvalue weighted by Crippen LogP contribution is -2.53. The second kappa shape index (κ2) is 12.4. The first kappa shape index (κ1) is 32.3. The summed E-state index contributed by atoms with van der Waals surface area (Å²) >= 11 is 0. The molecule has 0 spiro atoms. The fraction of sp³-hybridized carbons (Fsp3) is 0. The second-order valence-electron chi connectivity index (χ2n) is 15.6. The molecule has 0 amide bonds. The monoisotopic (exact) mass is 752 g/mol. The summed E-state index contributed by atoms with van der Waals surface area (Å²) in [6, 6.07) is 71.7. The Labute approximate surface area is 340 Å². The average Bonchev–Trinajstić information content (AvgIpc) is 3.82. The topological polar surface area (TPSA) is 28.3 Å². The van der Waals surface area contributed by atoms with Gasteiger partial charge in [-0.05, 0) is 89.0 Å². The fourth-order valence-electron chi connectivity index (χ4n) is 9.79. The molecule has 9 aromatic carbocycles. The van der Waals surface area contributed by atoms with E-state index in [4.69, 9.17) is 9.39 Å². The van der Waals surface area contributed by atoms with Crippen molar-refractivity contribution in [2.45, 2.75) is 0 Å². The standard InChI is InChI=1S/C54H33BN2O2/c1-7-19-46(57-49-22-10-4-16-41(49)42-17-5-11-23-50(42)57)38(13-1)36-31-44-43-18-6-12-24-51(43)59-55-45-30-27-35(32-52(45)58-53(33-36)54(44)55)34-25-28-37(29-26-34)56-47-20-8-2-14-39(47)40-15-3-9-21-48(40)56/h1-33H. The van der Waals surface area contributed by atoms with Crippen LogP contribution < -0.4 is 20.3 Å². The van der Waals surface area contributed by atoms with E-state index in [0.717, 1.165) is 72.9 Å². The fourth-order valence-corrected chi connectivity index (χ4v) is 9.79. The van der Waals surface area contributed by atoms with Crippen LogP contribution in [0.1, 0.15) is 0 Å². The molecule has 2 aromatic heterocycles. The van der Waals surface area contributed by atoms with Crippen molar-refractivity contribution in [1.29, 1.82) is 0 Å². The average molecular weight is 753 g/mol. The van der Waals surface area contributed by atoms with Gasteiger partial charge < -0.3 is 18.5 Å². The maximum atomic E-state index is 7.02. The summed E-state index contributed by atoms with van der Waals surface area (Å²) in [5.74, 6) is 2.51. The third kappa shape index (κ3) is 4.73. The van der Waals surface area contributed by atoms with Crippen molar-refractivity contribution < 1.29 is 9.39 Å². The minimum Gasteiger partial charge on any atom is -0.551 e. The largest absolute Gasteiger partial charge is 0.551 e. The molecule has 274 valence electrons. The molecular formula is C54H33BN2O2. The molecule has 0 radical (unpaired) electrons. The first-order valence-corrected chi connectivity index (χ1v) is 20.2. The molecule has 0 atom stereocenters. The van der Waals surface area contributed by atoms with Crippen LogP contribution in [0.4, 0.5) is 0 Å². The Kier molecular flexibility index (Phi) is 6.78. The van der Waals surface area contributed by atoms with Crippen LogP contribution in [0.25, 0.3) is 88.4 Å². The molecule has 0 saturated carbocycles. The number of hydrogen-bond donors (Lipinski definition) is 0. The summed E-state index contributed by atoms with van der Waals surface area (Å²) in [5, 5.41) is 5.00. The Morgan fingerprint density at radius 3 is 1.54 bits per heavy atom. The van der Waals surface area contributed by atoms with Crippen LogP contribution in [0.2, 0.25) is 0 Å². The van der Waals surface area contributed by atoms with Crippen molar-refractivity contribution in [2.24, 2.45) is 0 Å². The number of hydrogen-bond acceptors (Lipinski definition) is 2. The number of benzene rings is 9. The summed E-state index contributed by atoms with van der Waals surface area (Å²) in [6.45, 7) is -0.299. The van der Waals surface area contributed by atoms with Crippen LogP contribution in [0.3, 0.4) is 0 Å². The molecule has 13 rings (SSSR count). The van der Waals surface area contributed by atoms with Crippen LogP contribution in [-0.2, 0) is 0 Å². The van der Waals surface area contributed by atoms with Gasteiger partial charge in [0.1, 0.15) is 17.2 Å². The molecule has 4 heterocycles. The zero-order valence-electron chi connectivity index (χ0n) is 31.8. The lowest BCUT2D eigenvalue weighted by Gasteiger charge is -2.33. The van der Waals surface area contributed by atoms with E-state index in [1.807, 2.05) is 0 Å². The van der Waals surface area contributed by atoms with Gasteiger partial charge in [0, 0.05) is 49.3 Å². The Hall–Kier alpha value is -7.76. The number of fused-ring (bicyclic) bond motifs is 10. The lowest BCUT2D eigenvalue weighted by molar-refractivity contribution is 0.480. The second-order valence-corrected chi connectivity index (χ2v) is 15.6. The number of rotatable bonds is 4. The smallest absolute Gasteiger partial charge is 0.434 e. The summed E-state index contributed by atoms with van der Waals surface area (Å²) in [4.78, 5) is 0. The van der Waals surface area contributed by atoms with Crippen molar-refractivity contribution in [2.75, 3.05) is 0 Å². The van der Waals surface area contributed by atoms with Gasteiger partial charge in [-0.2, -0.15) is 0 Å². The van der Waals surface area contributed by atoms with Gasteiger partial charge >= 0.3 is 6.92 Å². The summed E-state index contributed by atoms with van der Waals surface area (Å²) in [7, 11) is 0. The molecule has 4 nitrogen and oxygen atoms in total. The van der Waals surface area contributed by atoms with E-state index in [2.05, 4.69) is 209 Å². The van der Waals surface area contributed by atoms with E-state index < -0.39 is 0 Å². The molecule has 59 heavy (non-hydrogen) atoms. The molecule has 0 unspecified atom stereocenters. The van der Waals surface area contributed by atoms with E-state index >= 15 is 0 Å². The van der Waals surface area contributed by atoms with E-state index in [-0.39, 0.29) is 6.92 Å². The van der Waals surface area contributed by atoms with Gasteiger partial charge in [-0.1, -0.05) is 133 Å². The lowest BCUT2D eigenvalue weighted by atomic mass is 9.50. The van der Waals surface area contributed by atoms with Crippen molar-refractivity contribution in [3.8, 4) is 62.0 Å². The molecule has 2 aliphatic rings. The number of ether oxygens (including phenoxy) is 1. The Bertz CT molecular complexity index is 3420. The van der Waals surface area contributed by atoms with Crippen molar-refractivity contribution in [1.82, 2.24) is 9.13 Å². The number of nitrogens with zero attached hydrogens (tertiary/aromatic N) is 2. The predicted octanol–water partition coefficient (Wildman–Crippen LogP) is 12.5. The minimum absolute atomic E-state index is 0.299. The van der Waals surface area contributed by atoms with Crippen molar-refractivity contribution in [3.05, 3.63) is 200 Å². The van der Waals surface area contributed by atoms with Gasteiger partial charge in [0.05, 0.1) is 27.8 Å². The van der Waals surface area contributed by atoms with Gasteiger partial charge in [-0.15, -0.1) is 0 Å². The van der Waals surface area contributed by atoms with Crippen LogP contribution in [-0.4, -0.2) is 16.0 Å². The highest BCUT2D eigenvalue weighted by Gasteiger charge is 2.41. The Morgan fingerprint density at radius 2 is 0.881 bits per heavy atom. The molecule has 0 saturated heterocycles. The maximum Gasteiger partial charge on any atom is 0.434 e. The Morgan fingerprint density at radius 1 is 0.356 bits per heavy atom. The number of para-hydroxylation sites is 6. The van der Waals surface area contributed by atoms with E-state index in [1.54, 1.807) is 0 Å². The molecule has 5 heteroatoms. The third-order valence-corrected chi connectivity index (χ3v) is 12.4. The zero-order valence-corrected chi connectivity index (χ0v) is 31.8. The molecule has 2 aliphatic heterocycles. The van der Waals surface area contributed by atoms with Crippen LogP contribution in [0.5, 0.6) is 17.2 Å². The molecule has 0 fully saturated rings. The van der Waals surface area contributed by atoms with Gasteiger partial charge in [0.2, 0.25) is 0 Å². The molecule has 0 N–H and O–H groups in total. The highest BCUT2D eigenvalue weighted by molar-refractivity contribution is 6.84. The quantitative estimate of drug-likeness (QED) is 0.168. The molecule has 0 aliphatic carbocycles. The maximum absolute atomic E-state index is 7.02. The minimum atomic E-state index is -0.299. The van der Waals surface area contributed by atoms with E-state index in [0.29, 0.717) is 0 Å². The van der Waals surface area contributed by atoms with Crippen LogP contribution in [0, 0.1) is 0 Å². The third-order valence-electron chi connectivity index (χ3n) is 12.4.